The van der Waals surface area contributed by atoms with Gasteiger partial charge < -0.3 is 4.90 Å². The Morgan fingerprint density at radius 1 is 1.24 bits per heavy atom. The standard InChI is InChI=1S/C17H15BFNO/c1-10-7-14(18)8-13-9-20(17(21)16(10)13)11(2)12-3-5-15(19)6-4-12/h3-8,11H,9H2,1-2H3/t11-/m0/s1. The van der Waals surface area contributed by atoms with Crippen LogP contribution in [0.5, 0.6) is 0 Å². The number of nitrogens with zero attached hydrogens (tertiary/aromatic N) is 1. The van der Waals surface area contributed by atoms with E-state index in [1.165, 1.54) is 12.1 Å². The van der Waals surface area contributed by atoms with Gasteiger partial charge in [-0.15, -0.1) is 0 Å². The molecule has 0 N–H and O–H groups in total. The summed E-state index contributed by atoms with van der Waals surface area (Å²) in [6.07, 6.45) is 0. The number of carbonyl (C=O) groups excluding carboxylic acids is 1. The van der Waals surface area contributed by atoms with Crippen LogP contribution in [0.4, 0.5) is 4.39 Å². The minimum absolute atomic E-state index is 0.0133. The van der Waals surface area contributed by atoms with Crippen molar-refractivity contribution < 1.29 is 9.18 Å². The average Bonchev–Trinajstić information content (AvgIpc) is 2.76. The van der Waals surface area contributed by atoms with E-state index in [1.807, 2.05) is 26.0 Å². The van der Waals surface area contributed by atoms with E-state index in [0.717, 1.165) is 22.3 Å². The van der Waals surface area contributed by atoms with E-state index in [2.05, 4.69) is 0 Å². The quantitative estimate of drug-likeness (QED) is 0.774. The van der Waals surface area contributed by atoms with Crippen LogP contribution in [0.25, 0.3) is 0 Å². The highest BCUT2D eigenvalue weighted by Crippen LogP contribution is 2.32. The number of carbonyl (C=O) groups is 1. The monoisotopic (exact) mass is 279 g/mol. The number of hydrogen-bond acceptors (Lipinski definition) is 1. The SMILES string of the molecule is [B]c1cc(C)c2c(c1)CN([C@@H](C)c1ccc(F)cc1)C2=O. The van der Waals surface area contributed by atoms with Gasteiger partial charge >= 0.3 is 0 Å². The van der Waals surface area contributed by atoms with E-state index in [1.54, 1.807) is 17.0 Å². The van der Waals surface area contributed by atoms with Crippen molar-refractivity contribution in [2.75, 3.05) is 0 Å². The largest absolute Gasteiger partial charge is 0.328 e. The highest BCUT2D eigenvalue weighted by atomic mass is 19.1. The van der Waals surface area contributed by atoms with Crippen molar-refractivity contribution in [3.05, 3.63) is 64.5 Å². The minimum Gasteiger partial charge on any atom is -0.328 e. The fraction of sp³-hybridized carbons (Fsp3) is 0.235. The smallest absolute Gasteiger partial charge is 0.255 e. The van der Waals surface area contributed by atoms with Crippen molar-refractivity contribution >= 4 is 19.2 Å². The van der Waals surface area contributed by atoms with Crippen molar-refractivity contribution in [1.29, 1.82) is 0 Å². The van der Waals surface area contributed by atoms with Gasteiger partial charge in [0.1, 0.15) is 13.7 Å². The molecule has 3 rings (SSSR count). The molecular weight excluding hydrogens is 264 g/mol. The van der Waals surface area contributed by atoms with Gasteiger partial charge in [-0.2, -0.15) is 0 Å². The molecule has 0 saturated heterocycles. The van der Waals surface area contributed by atoms with Crippen LogP contribution in [-0.2, 0) is 6.54 Å². The first-order chi connectivity index (χ1) is 9.97. The lowest BCUT2D eigenvalue weighted by Gasteiger charge is -2.24. The molecule has 0 spiro atoms. The van der Waals surface area contributed by atoms with E-state index >= 15 is 0 Å². The van der Waals surface area contributed by atoms with E-state index in [-0.39, 0.29) is 17.8 Å². The molecule has 2 aromatic rings. The zero-order valence-corrected chi connectivity index (χ0v) is 12.1. The first-order valence-corrected chi connectivity index (χ1v) is 6.93. The van der Waals surface area contributed by atoms with Gasteiger partial charge in [0, 0.05) is 12.1 Å². The Hall–Kier alpha value is -2.10. The molecule has 2 nitrogen and oxygen atoms in total. The molecule has 0 aromatic heterocycles. The summed E-state index contributed by atoms with van der Waals surface area (Å²) >= 11 is 0. The fourth-order valence-electron chi connectivity index (χ4n) is 2.95. The number of benzene rings is 2. The van der Waals surface area contributed by atoms with E-state index in [0.29, 0.717) is 12.0 Å². The van der Waals surface area contributed by atoms with Crippen molar-refractivity contribution in [1.82, 2.24) is 4.90 Å². The zero-order chi connectivity index (χ0) is 15.1. The first-order valence-electron chi connectivity index (χ1n) is 6.93. The maximum atomic E-state index is 13.0. The number of amides is 1. The molecule has 1 aliphatic heterocycles. The second kappa shape index (κ2) is 5.03. The lowest BCUT2D eigenvalue weighted by molar-refractivity contribution is 0.0715. The Balaban J connectivity index is 1.94. The summed E-state index contributed by atoms with van der Waals surface area (Å²) < 4.78 is 13.0. The van der Waals surface area contributed by atoms with E-state index in [4.69, 9.17) is 7.85 Å². The first kappa shape index (κ1) is 13.9. The molecule has 0 unspecified atom stereocenters. The lowest BCUT2D eigenvalue weighted by Crippen LogP contribution is -2.27. The number of fused-ring (bicyclic) bond motifs is 1. The topological polar surface area (TPSA) is 20.3 Å². The average molecular weight is 279 g/mol. The number of halogens is 1. The van der Waals surface area contributed by atoms with Crippen LogP contribution in [0.2, 0.25) is 0 Å². The summed E-state index contributed by atoms with van der Waals surface area (Å²) in [7, 11) is 5.85. The van der Waals surface area contributed by atoms with Gasteiger partial charge in [0.15, 0.2) is 0 Å². The predicted molar refractivity (Wildman–Crippen MR) is 81.3 cm³/mol. The van der Waals surface area contributed by atoms with Crippen LogP contribution in [0.15, 0.2) is 36.4 Å². The molecule has 1 amide bonds. The predicted octanol–water partition coefficient (Wildman–Crippen LogP) is 2.64. The van der Waals surface area contributed by atoms with Gasteiger partial charge in [-0.05, 0) is 42.7 Å². The Labute approximate surface area is 125 Å². The van der Waals surface area contributed by atoms with Crippen LogP contribution in [-0.4, -0.2) is 18.7 Å². The Morgan fingerprint density at radius 3 is 2.57 bits per heavy atom. The third-order valence-corrected chi connectivity index (χ3v) is 4.07. The summed E-state index contributed by atoms with van der Waals surface area (Å²) in [5.74, 6) is -0.259. The van der Waals surface area contributed by atoms with Crippen molar-refractivity contribution in [3.63, 3.8) is 0 Å². The van der Waals surface area contributed by atoms with E-state index < -0.39 is 0 Å². The molecule has 1 atom stereocenters. The molecule has 2 aromatic carbocycles. The zero-order valence-electron chi connectivity index (χ0n) is 12.1. The molecule has 104 valence electrons. The molecule has 2 radical (unpaired) electrons. The Morgan fingerprint density at radius 2 is 1.90 bits per heavy atom. The third-order valence-electron chi connectivity index (χ3n) is 4.07. The van der Waals surface area contributed by atoms with Gasteiger partial charge in [0.05, 0.1) is 6.04 Å². The maximum absolute atomic E-state index is 13.0. The molecule has 0 fully saturated rings. The highest BCUT2D eigenvalue weighted by Gasteiger charge is 2.32. The Bertz CT molecular complexity index is 711. The molecular formula is C17H15BFNO. The third kappa shape index (κ3) is 2.35. The van der Waals surface area contributed by atoms with Gasteiger partial charge in [-0.1, -0.05) is 29.7 Å². The van der Waals surface area contributed by atoms with Gasteiger partial charge in [-0.25, -0.2) is 4.39 Å². The Kier molecular flexibility index (Phi) is 3.32. The second-order valence-corrected chi connectivity index (χ2v) is 5.53. The fourth-order valence-corrected chi connectivity index (χ4v) is 2.95. The van der Waals surface area contributed by atoms with Crippen LogP contribution in [0.1, 0.15) is 40.0 Å². The molecule has 21 heavy (non-hydrogen) atoms. The molecule has 0 saturated carbocycles. The van der Waals surface area contributed by atoms with Gasteiger partial charge in [-0.3, -0.25) is 4.79 Å². The molecule has 0 bridgehead atoms. The summed E-state index contributed by atoms with van der Waals surface area (Å²) in [5.41, 5.74) is 4.21. The van der Waals surface area contributed by atoms with Crippen molar-refractivity contribution in [2.24, 2.45) is 0 Å². The number of hydrogen-bond donors (Lipinski definition) is 0. The summed E-state index contributed by atoms with van der Waals surface area (Å²) in [4.78, 5) is 14.4. The van der Waals surface area contributed by atoms with Gasteiger partial charge in [0.25, 0.3) is 5.91 Å². The van der Waals surface area contributed by atoms with Crippen molar-refractivity contribution in [3.8, 4) is 0 Å². The molecule has 4 heteroatoms. The molecule has 1 heterocycles. The number of rotatable bonds is 2. The van der Waals surface area contributed by atoms with Crippen LogP contribution < -0.4 is 5.46 Å². The van der Waals surface area contributed by atoms with Crippen LogP contribution in [0, 0.1) is 12.7 Å². The van der Waals surface area contributed by atoms with Crippen LogP contribution >= 0.6 is 0 Å². The maximum Gasteiger partial charge on any atom is 0.255 e. The lowest BCUT2D eigenvalue weighted by atomic mass is 9.90. The molecule has 0 aliphatic carbocycles. The van der Waals surface area contributed by atoms with Crippen LogP contribution in [0.3, 0.4) is 0 Å². The normalized spacial score (nSPS) is 15.2. The van der Waals surface area contributed by atoms with Gasteiger partial charge in [0.2, 0.25) is 0 Å². The minimum atomic E-state index is -0.273. The highest BCUT2D eigenvalue weighted by molar-refractivity contribution is 6.32. The summed E-state index contributed by atoms with van der Waals surface area (Å²) in [6.45, 7) is 4.40. The molecule has 1 aliphatic rings. The summed E-state index contributed by atoms with van der Waals surface area (Å²) in [5, 5.41) is 0. The second-order valence-electron chi connectivity index (χ2n) is 5.53. The summed E-state index contributed by atoms with van der Waals surface area (Å²) in [6, 6.07) is 9.85. The van der Waals surface area contributed by atoms with E-state index in [9.17, 15) is 9.18 Å². The number of aryl methyl sites for hydroxylation is 1. The van der Waals surface area contributed by atoms with Crippen molar-refractivity contribution in [2.45, 2.75) is 26.4 Å².